The van der Waals surface area contributed by atoms with Crippen molar-refractivity contribution in [2.75, 3.05) is 26.7 Å². The summed E-state index contributed by atoms with van der Waals surface area (Å²) in [5, 5.41) is 4.36. The van der Waals surface area contributed by atoms with Crippen molar-refractivity contribution >= 4 is 23.2 Å². The topological polar surface area (TPSA) is 58.6 Å². The summed E-state index contributed by atoms with van der Waals surface area (Å²) >= 11 is 1.31. The second kappa shape index (κ2) is 8.28. The molecule has 1 heterocycles. The smallest absolute Gasteiger partial charge is 0.261 e. The van der Waals surface area contributed by atoms with Crippen LogP contribution in [0.2, 0.25) is 0 Å². The Hall–Kier alpha value is -2.41. The Kier molecular flexibility index (Phi) is 6.10. The number of hydrogen-bond acceptors (Lipinski definition) is 4. The fraction of sp³-hybridized carbons (Fsp3) is 0.250. The number of ether oxygens (including phenoxy) is 1. The van der Waals surface area contributed by atoms with E-state index < -0.39 is 5.82 Å². The number of carbonyl (C=O) groups excluding carboxylic acids is 2. The van der Waals surface area contributed by atoms with E-state index in [4.69, 9.17) is 4.74 Å². The van der Waals surface area contributed by atoms with Crippen molar-refractivity contribution in [1.29, 1.82) is 0 Å². The number of nitrogens with zero attached hydrogens (tertiary/aromatic N) is 1. The SMILES string of the molecule is CN(CCOc1ccccc1F)C(=O)CNC(=O)c1cccs1. The highest BCUT2D eigenvalue weighted by Crippen LogP contribution is 2.15. The maximum Gasteiger partial charge on any atom is 0.261 e. The van der Waals surface area contributed by atoms with Crippen LogP contribution in [0.4, 0.5) is 4.39 Å². The Labute approximate surface area is 137 Å². The molecule has 2 aromatic rings. The number of benzene rings is 1. The monoisotopic (exact) mass is 336 g/mol. The van der Waals surface area contributed by atoms with Gasteiger partial charge in [-0.1, -0.05) is 18.2 Å². The quantitative estimate of drug-likeness (QED) is 0.843. The van der Waals surface area contributed by atoms with E-state index in [1.165, 1.54) is 28.4 Å². The van der Waals surface area contributed by atoms with Gasteiger partial charge in [-0.25, -0.2) is 4.39 Å². The maximum atomic E-state index is 13.4. The van der Waals surface area contributed by atoms with Crippen molar-refractivity contribution in [2.45, 2.75) is 0 Å². The van der Waals surface area contributed by atoms with Crippen LogP contribution < -0.4 is 10.1 Å². The molecule has 0 fully saturated rings. The number of likely N-dealkylation sites (N-methyl/N-ethyl adjacent to an activating group) is 1. The van der Waals surface area contributed by atoms with Crippen LogP contribution in [0.1, 0.15) is 9.67 Å². The summed E-state index contributed by atoms with van der Waals surface area (Å²) in [7, 11) is 1.60. The van der Waals surface area contributed by atoms with E-state index >= 15 is 0 Å². The largest absolute Gasteiger partial charge is 0.489 e. The molecule has 1 aromatic carbocycles. The zero-order chi connectivity index (χ0) is 16.7. The molecule has 0 unspecified atom stereocenters. The molecule has 23 heavy (non-hydrogen) atoms. The Morgan fingerprint density at radius 3 is 2.74 bits per heavy atom. The fourth-order valence-electron chi connectivity index (χ4n) is 1.76. The minimum absolute atomic E-state index is 0.0903. The molecule has 2 rings (SSSR count). The average molecular weight is 336 g/mol. The van der Waals surface area contributed by atoms with E-state index in [0.717, 1.165) is 0 Å². The van der Waals surface area contributed by atoms with Crippen LogP contribution in [0.3, 0.4) is 0 Å². The van der Waals surface area contributed by atoms with Crippen molar-refractivity contribution in [3.63, 3.8) is 0 Å². The van der Waals surface area contributed by atoms with E-state index in [9.17, 15) is 14.0 Å². The highest BCUT2D eigenvalue weighted by atomic mass is 32.1. The van der Waals surface area contributed by atoms with Gasteiger partial charge in [-0.05, 0) is 23.6 Å². The Balaban J connectivity index is 1.70. The highest BCUT2D eigenvalue weighted by molar-refractivity contribution is 7.12. The number of hydrogen-bond donors (Lipinski definition) is 1. The number of amides is 2. The van der Waals surface area contributed by atoms with Crippen LogP contribution in [0.5, 0.6) is 5.75 Å². The van der Waals surface area contributed by atoms with Crippen molar-refractivity contribution in [3.05, 3.63) is 52.5 Å². The predicted octanol–water partition coefficient (Wildman–Crippen LogP) is 2.15. The number of halogens is 1. The third kappa shape index (κ3) is 5.07. The lowest BCUT2D eigenvalue weighted by Gasteiger charge is -2.17. The minimum Gasteiger partial charge on any atom is -0.489 e. The second-order valence-electron chi connectivity index (χ2n) is 4.75. The number of thiophene rings is 1. The van der Waals surface area contributed by atoms with Gasteiger partial charge < -0.3 is 15.0 Å². The summed E-state index contributed by atoms with van der Waals surface area (Å²) in [5.74, 6) is -0.805. The summed E-state index contributed by atoms with van der Waals surface area (Å²) in [6.07, 6.45) is 0. The first-order chi connectivity index (χ1) is 11.1. The zero-order valence-electron chi connectivity index (χ0n) is 12.6. The predicted molar refractivity (Wildman–Crippen MR) is 86.2 cm³/mol. The molecule has 0 spiro atoms. The first-order valence-electron chi connectivity index (χ1n) is 7.01. The second-order valence-corrected chi connectivity index (χ2v) is 5.70. The Morgan fingerprint density at radius 2 is 2.04 bits per heavy atom. The third-order valence-electron chi connectivity index (χ3n) is 3.09. The molecule has 1 aromatic heterocycles. The van der Waals surface area contributed by atoms with Gasteiger partial charge in [-0.3, -0.25) is 9.59 Å². The molecule has 0 saturated carbocycles. The molecule has 2 amide bonds. The summed E-state index contributed by atoms with van der Waals surface area (Å²) in [4.78, 5) is 25.6. The van der Waals surface area contributed by atoms with E-state index in [2.05, 4.69) is 5.32 Å². The van der Waals surface area contributed by atoms with E-state index in [0.29, 0.717) is 11.4 Å². The van der Waals surface area contributed by atoms with Gasteiger partial charge in [-0.15, -0.1) is 11.3 Å². The molecule has 5 nitrogen and oxygen atoms in total. The molecule has 0 aliphatic rings. The highest BCUT2D eigenvalue weighted by Gasteiger charge is 2.12. The van der Waals surface area contributed by atoms with Gasteiger partial charge in [0.2, 0.25) is 5.91 Å². The molecule has 0 bridgehead atoms. The minimum atomic E-state index is -0.440. The molecule has 0 atom stereocenters. The van der Waals surface area contributed by atoms with Crippen LogP contribution in [0.25, 0.3) is 0 Å². The van der Waals surface area contributed by atoms with Gasteiger partial charge in [0.15, 0.2) is 11.6 Å². The standard InChI is InChI=1S/C16H17FN2O3S/c1-19(8-9-22-13-6-3-2-5-12(13)17)15(20)11-18-16(21)14-7-4-10-23-14/h2-7,10H,8-9,11H2,1H3,(H,18,21). The summed E-state index contributed by atoms with van der Waals surface area (Å²) in [6.45, 7) is 0.372. The lowest BCUT2D eigenvalue weighted by atomic mass is 10.3. The summed E-state index contributed by atoms with van der Waals surface area (Å²) in [5.41, 5.74) is 0. The van der Waals surface area contributed by atoms with E-state index in [1.807, 2.05) is 0 Å². The summed E-state index contributed by atoms with van der Waals surface area (Å²) in [6, 6.07) is 9.55. The number of para-hydroxylation sites is 1. The normalized spacial score (nSPS) is 10.2. The molecule has 0 aliphatic carbocycles. The maximum absolute atomic E-state index is 13.4. The molecule has 0 aliphatic heterocycles. The van der Waals surface area contributed by atoms with Crippen molar-refractivity contribution in [3.8, 4) is 5.75 Å². The van der Waals surface area contributed by atoms with E-state index in [1.54, 1.807) is 36.7 Å². The molecular formula is C16H17FN2O3S. The van der Waals surface area contributed by atoms with Crippen molar-refractivity contribution in [2.24, 2.45) is 0 Å². The zero-order valence-corrected chi connectivity index (χ0v) is 13.4. The van der Waals surface area contributed by atoms with Gasteiger partial charge in [0.05, 0.1) is 18.0 Å². The van der Waals surface area contributed by atoms with Gasteiger partial charge in [0.25, 0.3) is 5.91 Å². The number of carbonyl (C=O) groups is 2. The third-order valence-corrected chi connectivity index (χ3v) is 3.96. The van der Waals surface area contributed by atoms with Crippen LogP contribution in [-0.2, 0) is 4.79 Å². The van der Waals surface area contributed by atoms with Gasteiger partial charge in [-0.2, -0.15) is 0 Å². The van der Waals surface area contributed by atoms with Crippen molar-refractivity contribution in [1.82, 2.24) is 10.2 Å². The van der Waals surface area contributed by atoms with Crippen LogP contribution in [0, 0.1) is 5.82 Å². The molecule has 1 N–H and O–H groups in total. The average Bonchev–Trinajstić information content (AvgIpc) is 3.08. The number of rotatable bonds is 7. The van der Waals surface area contributed by atoms with Crippen molar-refractivity contribution < 1.29 is 18.7 Å². The fourth-order valence-corrected chi connectivity index (χ4v) is 2.40. The van der Waals surface area contributed by atoms with Gasteiger partial charge in [0.1, 0.15) is 6.61 Å². The molecule has 7 heteroatoms. The Bertz CT molecular complexity index is 661. The first kappa shape index (κ1) is 17.0. The van der Waals surface area contributed by atoms with Crippen LogP contribution in [-0.4, -0.2) is 43.5 Å². The summed E-state index contributed by atoms with van der Waals surface area (Å²) < 4.78 is 18.7. The lowest BCUT2D eigenvalue weighted by molar-refractivity contribution is -0.129. The van der Waals surface area contributed by atoms with Crippen LogP contribution >= 0.6 is 11.3 Å². The lowest BCUT2D eigenvalue weighted by Crippen LogP contribution is -2.39. The molecule has 122 valence electrons. The molecular weight excluding hydrogens is 319 g/mol. The molecule has 0 saturated heterocycles. The van der Waals surface area contributed by atoms with Crippen LogP contribution in [0.15, 0.2) is 41.8 Å². The van der Waals surface area contributed by atoms with E-state index in [-0.39, 0.29) is 30.7 Å². The van der Waals surface area contributed by atoms with Gasteiger partial charge in [0, 0.05) is 7.05 Å². The Morgan fingerprint density at radius 1 is 1.26 bits per heavy atom. The van der Waals surface area contributed by atoms with Gasteiger partial charge >= 0.3 is 0 Å². The molecule has 0 radical (unpaired) electrons. The number of nitrogens with one attached hydrogen (secondary N) is 1. The first-order valence-corrected chi connectivity index (χ1v) is 7.89.